The Morgan fingerprint density at radius 1 is 1.06 bits per heavy atom. The minimum atomic E-state index is -0.931. The van der Waals surface area contributed by atoms with Crippen LogP contribution in [0.25, 0.3) is 6.08 Å². The number of allylic oxidation sites excluding steroid dienone is 1. The molecule has 31 heavy (non-hydrogen) atoms. The molecule has 0 fully saturated rings. The van der Waals surface area contributed by atoms with Gasteiger partial charge in [0.25, 0.3) is 0 Å². The van der Waals surface area contributed by atoms with Gasteiger partial charge in [0, 0.05) is 24.8 Å². The Balaban J connectivity index is 1.46. The molecule has 1 aliphatic rings. The highest BCUT2D eigenvalue weighted by Gasteiger charge is 2.13. The first-order valence-corrected chi connectivity index (χ1v) is 10.2. The van der Waals surface area contributed by atoms with Crippen LogP contribution in [-0.2, 0) is 6.61 Å². The first kappa shape index (κ1) is 20.4. The Morgan fingerprint density at radius 2 is 1.87 bits per heavy atom. The number of ether oxygens (including phenoxy) is 1. The van der Waals surface area contributed by atoms with E-state index in [-0.39, 0.29) is 5.56 Å². The molecule has 0 aliphatic carbocycles. The van der Waals surface area contributed by atoms with E-state index in [0.717, 1.165) is 41.2 Å². The summed E-state index contributed by atoms with van der Waals surface area (Å²) in [4.78, 5) is 18.0. The summed E-state index contributed by atoms with van der Waals surface area (Å²) in [5.74, 6) is -0.174. The molecule has 1 aliphatic heterocycles. The Kier molecular flexibility index (Phi) is 6.13. The highest BCUT2D eigenvalue weighted by atomic mass is 16.5. The molecule has 3 aromatic carbocycles. The van der Waals surface area contributed by atoms with Crippen molar-refractivity contribution in [1.29, 1.82) is 0 Å². The lowest BCUT2D eigenvalue weighted by Gasteiger charge is -2.18. The molecule has 1 heterocycles. The Hall–Kier alpha value is -3.86. The number of carbonyl (C=O) groups is 1. The summed E-state index contributed by atoms with van der Waals surface area (Å²) in [6, 6.07) is 22.9. The van der Waals surface area contributed by atoms with Crippen molar-refractivity contribution in [1.82, 2.24) is 0 Å². The van der Waals surface area contributed by atoms with E-state index in [4.69, 9.17) is 14.8 Å². The average molecular weight is 412 g/mol. The van der Waals surface area contributed by atoms with Gasteiger partial charge in [-0.3, -0.25) is 4.99 Å². The third-order valence-corrected chi connectivity index (χ3v) is 5.21. The molecule has 156 valence electrons. The topological polar surface area (TPSA) is 62.1 Å². The van der Waals surface area contributed by atoms with Crippen LogP contribution in [0.15, 0.2) is 83.9 Å². The van der Waals surface area contributed by atoms with E-state index in [2.05, 4.69) is 42.3 Å². The SMILES string of the molecule is CN1CCN=C(/C=C/c2cccc(OCc3ccc(C(=O)O)cc3)c2)c2ccccc21. The highest BCUT2D eigenvalue weighted by molar-refractivity contribution is 6.14. The van der Waals surface area contributed by atoms with Gasteiger partial charge in [-0.15, -0.1) is 0 Å². The van der Waals surface area contributed by atoms with Crippen molar-refractivity contribution < 1.29 is 14.6 Å². The van der Waals surface area contributed by atoms with E-state index in [1.54, 1.807) is 24.3 Å². The fourth-order valence-electron chi connectivity index (χ4n) is 3.49. The number of benzodiazepines with no additional fused rings is 1. The number of nitrogens with zero attached hydrogens (tertiary/aromatic N) is 2. The smallest absolute Gasteiger partial charge is 0.335 e. The first-order valence-electron chi connectivity index (χ1n) is 10.2. The molecule has 0 aromatic heterocycles. The molecule has 3 aromatic rings. The van der Waals surface area contributed by atoms with Gasteiger partial charge in [-0.25, -0.2) is 4.79 Å². The number of fused-ring (bicyclic) bond motifs is 1. The van der Waals surface area contributed by atoms with E-state index in [1.807, 2.05) is 30.3 Å². The molecule has 0 spiro atoms. The largest absolute Gasteiger partial charge is 0.489 e. The van der Waals surface area contributed by atoms with Gasteiger partial charge in [-0.05, 0) is 47.5 Å². The van der Waals surface area contributed by atoms with Crippen LogP contribution in [0.5, 0.6) is 5.75 Å². The summed E-state index contributed by atoms with van der Waals surface area (Å²) in [6.07, 6.45) is 4.11. The van der Waals surface area contributed by atoms with Crippen molar-refractivity contribution in [3.63, 3.8) is 0 Å². The summed E-state index contributed by atoms with van der Waals surface area (Å²) >= 11 is 0. The quantitative estimate of drug-likeness (QED) is 0.625. The molecule has 4 rings (SSSR count). The van der Waals surface area contributed by atoms with E-state index in [1.165, 1.54) is 5.69 Å². The maximum atomic E-state index is 11.0. The maximum Gasteiger partial charge on any atom is 0.335 e. The number of carboxylic acids is 1. The second kappa shape index (κ2) is 9.30. The zero-order valence-corrected chi connectivity index (χ0v) is 17.4. The summed E-state index contributed by atoms with van der Waals surface area (Å²) in [5, 5.41) is 8.99. The van der Waals surface area contributed by atoms with E-state index in [9.17, 15) is 4.79 Å². The Bertz CT molecular complexity index is 1130. The molecule has 0 bridgehead atoms. The molecular weight excluding hydrogens is 388 g/mol. The van der Waals surface area contributed by atoms with E-state index < -0.39 is 5.97 Å². The number of aromatic carboxylic acids is 1. The number of hydrogen-bond acceptors (Lipinski definition) is 4. The summed E-state index contributed by atoms with van der Waals surface area (Å²) in [7, 11) is 2.09. The normalized spacial score (nSPS) is 13.5. The maximum absolute atomic E-state index is 11.0. The van der Waals surface area contributed by atoms with E-state index in [0.29, 0.717) is 6.61 Å². The lowest BCUT2D eigenvalue weighted by molar-refractivity contribution is 0.0697. The number of benzene rings is 3. The highest BCUT2D eigenvalue weighted by Crippen LogP contribution is 2.23. The van der Waals surface area contributed by atoms with Gasteiger partial charge in [0.2, 0.25) is 0 Å². The average Bonchev–Trinajstić information content (AvgIpc) is 2.96. The third kappa shape index (κ3) is 5.01. The zero-order valence-electron chi connectivity index (χ0n) is 17.4. The fourth-order valence-corrected chi connectivity index (χ4v) is 3.49. The van der Waals surface area contributed by atoms with Crippen LogP contribution in [0.4, 0.5) is 5.69 Å². The Morgan fingerprint density at radius 3 is 2.68 bits per heavy atom. The third-order valence-electron chi connectivity index (χ3n) is 5.21. The lowest BCUT2D eigenvalue weighted by Crippen LogP contribution is -2.20. The standard InChI is InChI=1S/C26H24N2O3/c1-28-16-15-27-24(23-7-2-3-8-25(23)28)14-11-19-5-4-6-22(17-19)31-18-20-9-12-21(13-10-20)26(29)30/h2-14,17H,15-16,18H2,1H3,(H,29,30)/b14-11+. The molecule has 5 heteroatoms. The molecule has 1 N–H and O–H groups in total. The lowest BCUT2D eigenvalue weighted by atomic mass is 10.1. The van der Waals surface area contributed by atoms with Gasteiger partial charge >= 0.3 is 5.97 Å². The Labute approximate surface area is 181 Å². The van der Waals surface area contributed by atoms with Crippen molar-refractivity contribution in [3.05, 3.63) is 101 Å². The predicted octanol–water partition coefficient (Wildman–Crippen LogP) is 4.92. The minimum absolute atomic E-state index is 0.269. The first-order chi connectivity index (χ1) is 15.1. The monoisotopic (exact) mass is 412 g/mol. The number of anilines is 1. The van der Waals surface area contributed by atoms with Crippen molar-refractivity contribution in [2.24, 2.45) is 4.99 Å². The van der Waals surface area contributed by atoms with Gasteiger partial charge in [-0.1, -0.05) is 48.5 Å². The number of likely N-dealkylation sites (N-methyl/N-ethyl adjacent to an activating group) is 1. The molecular formula is C26H24N2O3. The van der Waals surface area contributed by atoms with Gasteiger partial charge in [0.1, 0.15) is 12.4 Å². The van der Waals surface area contributed by atoms with Gasteiger partial charge in [0.15, 0.2) is 0 Å². The number of hydrogen-bond donors (Lipinski definition) is 1. The second-order valence-electron chi connectivity index (χ2n) is 7.40. The van der Waals surface area contributed by atoms with Gasteiger partial charge < -0.3 is 14.7 Å². The zero-order chi connectivity index (χ0) is 21.6. The van der Waals surface area contributed by atoms with Crippen LogP contribution in [0.1, 0.15) is 27.0 Å². The van der Waals surface area contributed by atoms with Crippen LogP contribution in [0.2, 0.25) is 0 Å². The van der Waals surface area contributed by atoms with Crippen molar-refractivity contribution in [2.75, 3.05) is 25.0 Å². The van der Waals surface area contributed by atoms with Crippen LogP contribution in [0.3, 0.4) is 0 Å². The van der Waals surface area contributed by atoms with E-state index >= 15 is 0 Å². The number of rotatable bonds is 6. The molecule has 0 amide bonds. The van der Waals surface area contributed by atoms with Crippen molar-refractivity contribution in [3.8, 4) is 5.75 Å². The van der Waals surface area contributed by atoms with Crippen LogP contribution >= 0.6 is 0 Å². The fraction of sp³-hybridized carbons (Fsp3) is 0.154. The summed E-state index contributed by atoms with van der Waals surface area (Å²) in [6.45, 7) is 2.03. The molecule has 0 radical (unpaired) electrons. The number of para-hydroxylation sites is 1. The summed E-state index contributed by atoms with van der Waals surface area (Å²) < 4.78 is 5.90. The van der Waals surface area contributed by atoms with Gasteiger partial charge in [0.05, 0.1) is 17.8 Å². The minimum Gasteiger partial charge on any atom is -0.489 e. The van der Waals surface area contributed by atoms with Crippen molar-refractivity contribution >= 4 is 23.4 Å². The van der Waals surface area contributed by atoms with Crippen LogP contribution in [-0.4, -0.2) is 36.9 Å². The molecule has 0 unspecified atom stereocenters. The second-order valence-corrected chi connectivity index (χ2v) is 7.40. The van der Waals surface area contributed by atoms with Gasteiger partial charge in [-0.2, -0.15) is 0 Å². The predicted molar refractivity (Wildman–Crippen MR) is 124 cm³/mol. The van der Waals surface area contributed by atoms with Crippen molar-refractivity contribution in [2.45, 2.75) is 6.61 Å². The molecule has 0 saturated heterocycles. The summed E-state index contributed by atoms with van der Waals surface area (Å²) in [5.41, 5.74) is 5.51. The van der Waals surface area contributed by atoms with Crippen LogP contribution < -0.4 is 9.64 Å². The molecule has 0 saturated carbocycles. The van der Waals surface area contributed by atoms with Crippen LogP contribution in [0, 0.1) is 0 Å². The number of carboxylic acid groups (broad SMARTS) is 1. The molecule has 5 nitrogen and oxygen atoms in total. The number of aliphatic imine (C=N–C) groups is 1. The molecule has 0 atom stereocenters.